The van der Waals surface area contributed by atoms with Gasteiger partial charge in [0.25, 0.3) is 5.91 Å². The van der Waals surface area contributed by atoms with Crippen molar-refractivity contribution >= 4 is 11.9 Å². The smallest absolute Gasteiger partial charge is 0.329 e. The van der Waals surface area contributed by atoms with Gasteiger partial charge >= 0.3 is 5.97 Å². The Bertz CT molecular complexity index is 433. The summed E-state index contributed by atoms with van der Waals surface area (Å²) >= 11 is 0. The highest BCUT2D eigenvalue weighted by atomic mass is 16.7. The molecular weight excluding hydrogens is 216 g/mol. The molecule has 1 fully saturated rings. The van der Waals surface area contributed by atoms with Gasteiger partial charge < -0.3 is 15.1 Å². The summed E-state index contributed by atoms with van der Waals surface area (Å²) in [6.07, 6.45) is 0. The fourth-order valence-corrected chi connectivity index (χ4v) is 1.55. The van der Waals surface area contributed by atoms with Gasteiger partial charge in [-0.05, 0) is 0 Å². The molecule has 1 aliphatic heterocycles. The van der Waals surface area contributed by atoms with Crippen LogP contribution in [0.1, 0.15) is 13.0 Å². The Morgan fingerprint density at radius 2 is 2.00 bits per heavy atom. The predicted molar refractivity (Wildman–Crippen MR) is 50.3 cm³/mol. The summed E-state index contributed by atoms with van der Waals surface area (Å²) in [4.78, 5) is 26.7. The van der Waals surface area contributed by atoms with Crippen LogP contribution in [0.4, 0.5) is 0 Å². The monoisotopic (exact) mass is 226 g/mol. The summed E-state index contributed by atoms with van der Waals surface area (Å²) in [5.41, 5.74) is 0. The SMILES string of the molecule is CC(=O)ON1CC(n2c(O)ccc2O)C1=O. The minimum Gasteiger partial charge on any atom is -0.494 e. The number of aromatic nitrogens is 1. The number of nitrogens with zero attached hydrogens (tertiary/aromatic N) is 2. The molecule has 7 heteroatoms. The summed E-state index contributed by atoms with van der Waals surface area (Å²) in [5, 5.41) is 19.6. The largest absolute Gasteiger partial charge is 0.494 e. The zero-order chi connectivity index (χ0) is 11.9. The molecule has 2 heterocycles. The number of β-lactam (4-membered cyclic amide) rings is 1. The summed E-state index contributed by atoms with van der Waals surface area (Å²) in [5.74, 6) is -1.50. The van der Waals surface area contributed by atoms with Gasteiger partial charge in [-0.15, -0.1) is 0 Å². The molecule has 86 valence electrons. The van der Waals surface area contributed by atoms with E-state index in [1.165, 1.54) is 19.1 Å². The fourth-order valence-electron chi connectivity index (χ4n) is 1.55. The second-order valence-corrected chi connectivity index (χ2v) is 3.42. The second kappa shape index (κ2) is 3.44. The van der Waals surface area contributed by atoms with E-state index in [0.717, 1.165) is 9.63 Å². The highest BCUT2D eigenvalue weighted by Crippen LogP contribution is 2.33. The van der Waals surface area contributed by atoms with Crippen LogP contribution in [0.15, 0.2) is 12.1 Å². The molecule has 7 nitrogen and oxygen atoms in total. The molecule has 0 radical (unpaired) electrons. The molecule has 0 aliphatic carbocycles. The van der Waals surface area contributed by atoms with Crippen molar-refractivity contribution in [3.8, 4) is 11.8 Å². The lowest BCUT2D eigenvalue weighted by Crippen LogP contribution is -2.53. The van der Waals surface area contributed by atoms with Crippen molar-refractivity contribution in [2.45, 2.75) is 13.0 Å². The van der Waals surface area contributed by atoms with E-state index >= 15 is 0 Å². The molecule has 0 bridgehead atoms. The van der Waals surface area contributed by atoms with Gasteiger partial charge in [-0.25, -0.2) is 0 Å². The molecule has 0 spiro atoms. The Morgan fingerprint density at radius 1 is 1.44 bits per heavy atom. The highest BCUT2D eigenvalue weighted by Gasteiger charge is 2.42. The number of rotatable bonds is 2. The molecule has 0 saturated carbocycles. The van der Waals surface area contributed by atoms with Crippen LogP contribution in [0.25, 0.3) is 0 Å². The number of hydrogen-bond acceptors (Lipinski definition) is 5. The lowest BCUT2D eigenvalue weighted by molar-refractivity contribution is -0.218. The minimum absolute atomic E-state index is 0.105. The van der Waals surface area contributed by atoms with Crippen LogP contribution in [0.2, 0.25) is 0 Å². The van der Waals surface area contributed by atoms with Crippen LogP contribution in [0.3, 0.4) is 0 Å². The Morgan fingerprint density at radius 3 is 2.44 bits per heavy atom. The van der Waals surface area contributed by atoms with E-state index in [1.807, 2.05) is 0 Å². The zero-order valence-electron chi connectivity index (χ0n) is 8.45. The van der Waals surface area contributed by atoms with Crippen molar-refractivity contribution in [3.05, 3.63) is 12.1 Å². The van der Waals surface area contributed by atoms with Gasteiger partial charge in [0.15, 0.2) is 11.8 Å². The number of carbonyl (C=O) groups is 2. The summed E-state index contributed by atoms with van der Waals surface area (Å²) < 4.78 is 1.07. The van der Waals surface area contributed by atoms with E-state index in [-0.39, 0.29) is 18.3 Å². The fraction of sp³-hybridized carbons (Fsp3) is 0.333. The van der Waals surface area contributed by atoms with Crippen LogP contribution in [-0.4, -0.2) is 38.3 Å². The number of aromatic hydroxyl groups is 2. The van der Waals surface area contributed by atoms with Crippen molar-refractivity contribution in [3.63, 3.8) is 0 Å². The van der Waals surface area contributed by atoms with E-state index in [1.54, 1.807) is 0 Å². The third kappa shape index (κ3) is 1.46. The van der Waals surface area contributed by atoms with Gasteiger partial charge in [-0.3, -0.25) is 14.2 Å². The maximum absolute atomic E-state index is 11.5. The van der Waals surface area contributed by atoms with Gasteiger partial charge in [0.1, 0.15) is 6.04 Å². The first kappa shape index (κ1) is 10.3. The molecular formula is C9H10N2O5. The molecule has 1 unspecified atom stereocenters. The van der Waals surface area contributed by atoms with Crippen molar-refractivity contribution in [2.75, 3.05) is 6.54 Å². The Kier molecular flexibility index (Phi) is 2.22. The Hall–Kier alpha value is -2.18. The average Bonchev–Trinajstić information content (AvgIpc) is 2.53. The topological polar surface area (TPSA) is 92.0 Å². The quantitative estimate of drug-likeness (QED) is 0.679. The van der Waals surface area contributed by atoms with Crippen molar-refractivity contribution in [2.24, 2.45) is 0 Å². The maximum Gasteiger partial charge on any atom is 0.329 e. The summed E-state index contributed by atoms with van der Waals surface area (Å²) in [6, 6.07) is 1.82. The molecule has 16 heavy (non-hydrogen) atoms. The molecule has 1 aliphatic rings. The van der Waals surface area contributed by atoms with E-state index in [9.17, 15) is 19.8 Å². The third-order valence-electron chi connectivity index (χ3n) is 2.30. The number of amides is 1. The van der Waals surface area contributed by atoms with Crippen LogP contribution in [0, 0.1) is 0 Å². The van der Waals surface area contributed by atoms with E-state index in [4.69, 9.17) is 0 Å². The first-order valence-electron chi connectivity index (χ1n) is 4.60. The molecule has 1 atom stereocenters. The molecule has 1 aromatic heterocycles. The third-order valence-corrected chi connectivity index (χ3v) is 2.30. The van der Waals surface area contributed by atoms with Crippen LogP contribution in [-0.2, 0) is 14.4 Å². The molecule has 2 N–H and O–H groups in total. The lowest BCUT2D eigenvalue weighted by Gasteiger charge is -2.36. The average molecular weight is 226 g/mol. The standard InChI is InChI=1S/C9H10N2O5/c1-5(12)16-10-4-6(9(10)15)11-7(13)2-3-8(11)14/h2-3,6,13-14H,4H2,1H3. The van der Waals surface area contributed by atoms with Crippen LogP contribution < -0.4 is 0 Å². The summed E-state index contributed by atoms with van der Waals surface area (Å²) in [7, 11) is 0. The van der Waals surface area contributed by atoms with Crippen LogP contribution in [0.5, 0.6) is 11.8 Å². The Balaban J connectivity index is 2.11. The first-order chi connectivity index (χ1) is 7.50. The molecule has 2 rings (SSSR count). The van der Waals surface area contributed by atoms with Gasteiger partial charge in [-0.1, -0.05) is 0 Å². The van der Waals surface area contributed by atoms with Crippen LogP contribution >= 0.6 is 0 Å². The van der Waals surface area contributed by atoms with Gasteiger partial charge in [-0.2, -0.15) is 5.06 Å². The molecule has 1 aromatic rings. The summed E-state index contributed by atoms with van der Waals surface area (Å²) in [6.45, 7) is 1.29. The maximum atomic E-state index is 11.5. The van der Waals surface area contributed by atoms with Crippen molar-refractivity contribution in [1.82, 2.24) is 9.63 Å². The van der Waals surface area contributed by atoms with E-state index in [0.29, 0.717) is 0 Å². The van der Waals surface area contributed by atoms with Gasteiger partial charge in [0.2, 0.25) is 0 Å². The van der Waals surface area contributed by atoms with Crippen molar-refractivity contribution < 1.29 is 24.6 Å². The van der Waals surface area contributed by atoms with E-state index < -0.39 is 17.9 Å². The molecule has 0 aromatic carbocycles. The molecule has 1 saturated heterocycles. The number of carbonyl (C=O) groups excluding carboxylic acids is 2. The van der Waals surface area contributed by atoms with E-state index in [2.05, 4.69) is 4.84 Å². The lowest BCUT2D eigenvalue weighted by atomic mass is 10.1. The van der Waals surface area contributed by atoms with Gasteiger partial charge in [0, 0.05) is 19.1 Å². The number of hydrogen-bond donors (Lipinski definition) is 2. The van der Waals surface area contributed by atoms with Crippen molar-refractivity contribution in [1.29, 1.82) is 0 Å². The normalized spacial score (nSPS) is 19.4. The minimum atomic E-state index is -0.727. The highest BCUT2D eigenvalue weighted by molar-refractivity contribution is 5.87. The van der Waals surface area contributed by atoms with Gasteiger partial charge in [0.05, 0.1) is 6.54 Å². The number of hydroxylamine groups is 2. The Labute approximate surface area is 90.4 Å². The zero-order valence-corrected chi connectivity index (χ0v) is 8.45. The predicted octanol–water partition coefficient (Wildman–Crippen LogP) is -0.239. The second-order valence-electron chi connectivity index (χ2n) is 3.42. The molecule has 1 amide bonds. The first-order valence-corrected chi connectivity index (χ1v) is 4.60.